The molecule has 2 rings (SSSR count). The summed E-state index contributed by atoms with van der Waals surface area (Å²) >= 11 is 3.60. The topological polar surface area (TPSA) is 72.2 Å². The first-order chi connectivity index (χ1) is 8.97. The number of rotatable bonds is 3. The molecule has 2 aromatic rings. The predicted octanol–water partition coefficient (Wildman–Crippen LogP) is 3.82. The number of hydrogen-bond acceptors (Lipinski definition) is 4. The largest absolute Gasteiger partial charge is 0.322 e. The van der Waals surface area contributed by atoms with Crippen LogP contribution in [0, 0.1) is 19.9 Å². The van der Waals surface area contributed by atoms with E-state index in [9.17, 15) is 14.9 Å². The fraction of sp³-hybridized carbons (Fsp3) is 0.0833. The van der Waals surface area contributed by atoms with Crippen molar-refractivity contribution < 1.29 is 9.72 Å². The van der Waals surface area contributed by atoms with Crippen molar-refractivity contribution in [1.82, 2.24) is 0 Å². The Morgan fingerprint density at radius 3 is 2.74 bits per heavy atom. The Labute approximate surface area is 126 Å². The third kappa shape index (κ3) is 3.29. The summed E-state index contributed by atoms with van der Waals surface area (Å²) in [6.07, 6.45) is 0. The molecule has 0 aliphatic rings. The number of nitro benzene ring substituents is 1. The van der Waals surface area contributed by atoms with Crippen LogP contribution in [0.25, 0.3) is 0 Å². The van der Waals surface area contributed by atoms with E-state index < -0.39 is 4.92 Å². The first-order valence-electron chi connectivity index (χ1n) is 5.28. The van der Waals surface area contributed by atoms with Crippen molar-refractivity contribution in [2.45, 2.75) is 6.92 Å². The summed E-state index contributed by atoms with van der Waals surface area (Å²) in [6, 6.07) is 6.40. The van der Waals surface area contributed by atoms with Gasteiger partial charge in [0.15, 0.2) is 0 Å². The Kier molecular flexibility index (Phi) is 4.15. The highest BCUT2D eigenvalue weighted by atomic mass is 127. The number of thiophene rings is 1. The van der Waals surface area contributed by atoms with Crippen LogP contribution in [0.5, 0.6) is 0 Å². The highest BCUT2D eigenvalue weighted by Crippen LogP contribution is 2.23. The molecule has 0 saturated carbocycles. The summed E-state index contributed by atoms with van der Waals surface area (Å²) < 4.78 is 1.01. The van der Waals surface area contributed by atoms with Crippen molar-refractivity contribution in [3.8, 4) is 0 Å². The highest BCUT2D eigenvalue weighted by molar-refractivity contribution is 14.1. The molecule has 0 spiro atoms. The van der Waals surface area contributed by atoms with Crippen molar-refractivity contribution in [3.05, 3.63) is 53.8 Å². The third-order valence-corrected chi connectivity index (χ3v) is 4.28. The zero-order chi connectivity index (χ0) is 14.0. The van der Waals surface area contributed by atoms with Gasteiger partial charge in [-0.1, -0.05) is 6.07 Å². The van der Waals surface area contributed by atoms with Crippen LogP contribution in [-0.2, 0) is 0 Å². The van der Waals surface area contributed by atoms with E-state index in [0.29, 0.717) is 16.8 Å². The molecule has 1 amide bonds. The number of anilines is 1. The van der Waals surface area contributed by atoms with Gasteiger partial charge < -0.3 is 5.32 Å². The van der Waals surface area contributed by atoms with Gasteiger partial charge in [0.2, 0.25) is 0 Å². The van der Waals surface area contributed by atoms with Gasteiger partial charge in [0.25, 0.3) is 11.6 Å². The lowest BCUT2D eigenvalue weighted by Gasteiger charge is -2.04. The van der Waals surface area contributed by atoms with Crippen LogP contribution in [0.15, 0.2) is 29.6 Å². The summed E-state index contributed by atoms with van der Waals surface area (Å²) in [6.45, 7) is 1.66. The Hall–Kier alpha value is -1.48. The minimum Gasteiger partial charge on any atom is -0.322 e. The van der Waals surface area contributed by atoms with Gasteiger partial charge in [-0.05, 0) is 41.6 Å². The number of carbonyl (C=O) groups excluding carboxylic acids is 1. The first-order valence-corrected chi connectivity index (χ1v) is 7.23. The highest BCUT2D eigenvalue weighted by Gasteiger charge is 2.13. The van der Waals surface area contributed by atoms with Gasteiger partial charge in [-0.2, -0.15) is 0 Å². The van der Waals surface area contributed by atoms with Gasteiger partial charge in [0.05, 0.1) is 13.4 Å². The van der Waals surface area contributed by atoms with Crippen LogP contribution in [0.1, 0.15) is 15.9 Å². The van der Waals surface area contributed by atoms with Crippen molar-refractivity contribution in [2.75, 3.05) is 5.32 Å². The third-order valence-electron chi connectivity index (χ3n) is 2.49. The standard InChI is InChI=1S/C12H9IN2O3S/c1-7-2-3-9(5-10(7)15(17)18)14-12(16)8-4-11(13)19-6-8/h2-6H,1H3,(H,14,16). The minimum atomic E-state index is -0.460. The average molecular weight is 388 g/mol. The van der Waals surface area contributed by atoms with Crippen LogP contribution in [0.4, 0.5) is 11.4 Å². The molecule has 0 atom stereocenters. The van der Waals surface area contributed by atoms with Crippen LogP contribution in [0.2, 0.25) is 0 Å². The average Bonchev–Trinajstić information content (AvgIpc) is 2.78. The van der Waals surface area contributed by atoms with E-state index in [2.05, 4.69) is 27.9 Å². The first kappa shape index (κ1) is 13.9. The lowest BCUT2D eigenvalue weighted by atomic mass is 10.2. The van der Waals surface area contributed by atoms with Crippen LogP contribution >= 0.6 is 33.9 Å². The van der Waals surface area contributed by atoms with E-state index in [-0.39, 0.29) is 11.6 Å². The molecule has 1 N–H and O–H groups in total. The molecule has 19 heavy (non-hydrogen) atoms. The SMILES string of the molecule is Cc1ccc(NC(=O)c2csc(I)c2)cc1[N+](=O)[O-]. The van der Waals surface area contributed by atoms with E-state index in [1.54, 1.807) is 30.5 Å². The van der Waals surface area contributed by atoms with E-state index in [4.69, 9.17) is 0 Å². The number of nitrogens with zero attached hydrogens (tertiary/aromatic N) is 1. The van der Waals surface area contributed by atoms with Gasteiger partial charge in [-0.25, -0.2) is 0 Å². The quantitative estimate of drug-likeness (QED) is 0.494. The number of hydrogen-bond donors (Lipinski definition) is 1. The Morgan fingerprint density at radius 2 is 2.16 bits per heavy atom. The summed E-state index contributed by atoms with van der Waals surface area (Å²) in [5.41, 5.74) is 1.53. The molecule has 1 heterocycles. The second kappa shape index (κ2) is 5.66. The van der Waals surface area contributed by atoms with E-state index in [1.165, 1.54) is 17.4 Å². The van der Waals surface area contributed by atoms with Crippen LogP contribution in [-0.4, -0.2) is 10.8 Å². The number of aryl methyl sites for hydroxylation is 1. The maximum Gasteiger partial charge on any atom is 0.274 e. The van der Waals surface area contributed by atoms with Crippen molar-refractivity contribution in [3.63, 3.8) is 0 Å². The molecule has 0 fully saturated rings. The van der Waals surface area contributed by atoms with E-state index in [1.807, 2.05) is 0 Å². The van der Waals surface area contributed by atoms with Gasteiger partial charge in [0.1, 0.15) is 0 Å². The monoisotopic (exact) mass is 388 g/mol. The van der Waals surface area contributed by atoms with Crippen molar-refractivity contribution >= 4 is 51.2 Å². The van der Waals surface area contributed by atoms with Crippen LogP contribution in [0.3, 0.4) is 0 Å². The Morgan fingerprint density at radius 1 is 1.42 bits per heavy atom. The molecule has 98 valence electrons. The molecule has 0 saturated heterocycles. The van der Waals surface area contributed by atoms with Gasteiger partial charge in [-0.15, -0.1) is 11.3 Å². The number of amides is 1. The van der Waals surface area contributed by atoms with Gasteiger partial charge in [0, 0.05) is 22.7 Å². The number of halogens is 1. The fourth-order valence-corrected chi connectivity index (χ4v) is 2.84. The minimum absolute atomic E-state index is 0.00213. The molecule has 1 aromatic carbocycles. The molecule has 0 radical (unpaired) electrons. The smallest absolute Gasteiger partial charge is 0.274 e. The second-order valence-electron chi connectivity index (χ2n) is 3.85. The fourth-order valence-electron chi connectivity index (χ4n) is 1.52. The predicted molar refractivity (Wildman–Crippen MR) is 82.8 cm³/mol. The van der Waals surface area contributed by atoms with Crippen molar-refractivity contribution in [2.24, 2.45) is 0 Å². The zero-order valence-corrected chi connectivity index (χ0v) is 12.8. The summed E-state index contributed by atoms with van der Waals surface area (Å²) in [4.78, 5) is 22.3. The maximum absolute atomic E-state index is 11.9. The molecule has 0 aliphatic heterocycles. The van der Waals surface area contributed by atoms with Gasteiger partial charge in [-0.3, -0.25) is 14.9 Å². The maximum atomic E-state index is 11.9. The number of nitrogens with one attached hydrogen (secondary N) is 1. The number of benzene rings is 1. The van der Waals surface area contributed by atoms with Gasteiger partial charge >= 0.3 is 0 Å². The summed E-state index contributed by atoms with van der Waals surface area (Å²) in [5.74, 6) is -0.266. The van der Waals surface area contributed by atoms with Crippen LogP contribution < -0.4 is 5.32 Å². The lowest BCUT2D eigenvalue weighted by molar-refractivity contribution is -0.385. The lowest BCUT2D eigenvalue weighted by Crippen LogP contribution is -2.11. The molecule has 5 nitrogen and oxygen atoms in total. The summed E-state index contributed by atoms with van der Waals surface area (Å²) in [7, 11) is 0. The Balaban J connectivity index is 2.22. The molecule has 0 aliphatic carbocycles. The normalized spacial score (nSPS) is 10.2. The molecule has 0 bridgehead atoms. The molecule has 7 heteroatoms. The Bertz CT molecular complexity index is 654. The molecular formula is C12H9IN2O3S. The molecule has 0 unspecified atom stereocenters. The van der Waals surface area contributed by atoms with E-state index >= 15 is 0 Å². The second-order valence-corrected chi connectivity index (χ2v) is 6.66. The number of nitro groups is 1. The zero-order valence-electron chi connectivity index (χ0n) is 9.84. The van der Waals surface area contributed by atoms with E-state index in [0.717, 1.165) is 2.88 Å². The van der Waals surface area contributed by atoms with Crippen molar-refractivity contribution in [1.29, 1.82) is 0 Å². The number of carbonyl (C=O) groups is 1. The summed E-state index contributed by atoms with van der Waals surface area (Å²) in [5, 5.41) is 15.2. The molecular weight excluding hydrogens is 379 g/mol. The molecule has 1 aromatic heterocycles.